The number of piperidine rings is 1. The zero-order valence-corrected chi connectivity index (χ0v) is 21.6. The van der Waals surface area contributed by atoms with Crippen molar-refractivity contribution in [3.8, 4) is 11.5 Å². The Morgan fingerprint density at radius 3 is 2.25 bits per heavy atom. The summed E-state index contributed by atoms with van der Waals surface area (Å²) in [5, 5.41) is 9.80. The van der Waals surface area contributed by atoms with Gasteiger partial charge in [-0.1, -0.05) is 41.5 Å². The summed E-state index contributed by atoms with van der Waals surface area (Å²) in [4.78, 5) is 13.5. The number of carboxylic acids is 1. The standard InChI is InChI=1S/C27H27NO6S2/c1-17-3-8-20(9-4-17)35-26-14-23(19-7-12-24-25(13-19)34-16-33-24)28(15-22(26)27(29)30)36(31,32)21-10-5-18(2)6-11-21/h3-13,22-23,26H,14-16H2,1-2H3,(H,29,30)/t22-,23+,26-/m1/s1. The third kappa shape index (κ3) is 4.83. The Labute approximate surface area is 215 Å². The molecule has 0 radical (unpaired) electrons. The summed E-state index contributed by atoms with van der Waals surface area (Å²) >= 11 is 1.49. The van der Waals surface area contributed by atoms with Crippen molar-refractivity contribution in [2.75, 3.05) is 13.3 Å². The first-order valence-electron chi connectivity index (χ1n) is 11.7. The molecule has 188 valence electrons. The number of thioether (sulfide) groups is 1. The quantitative estimate of drug-likeness (QED) is 0.483. The maximum atomic E-state index is 13.9. The van der Waals surface area contributed by atoms with Crippen LogP contribution in [0.5, 0.6) is 11.5 Å². The molecule has 9 heteroatoms. The third-order valence-electron chi connectivity index (χ3n) is 6.66. The van der Waals surface area contributed by atoms with Gasteiger partial charge in [0, 0.05) is 16.7 Å². The number of nitrogens with zero attached hydrogens (tertiary/aromatic N) is 1. The summed E-state index contributed by atoms with van der Waals surface area (Å²) in [5.74, 6) is -0.714. The van der Waals surface area contributed by atoms with Crippen molar-refractivity contribution >= 4 is 27.8 Å². The summed E-state index contributed by atoms with van der Waals surface area (Å²) in [6, 6.07) is 19.4. The van der Waals surface area contributed by atoms with Crippen molar-refractivity contribution in [1.82, 2.24) is 4.31 Å². The van der Waals surface area contributed by atoms with E-state index in [1.807, 2.05) is 44.2 Å². The summed E-state index contributed by atoms with van der Waals surface area (Å²) in [5.41, 5.74) is 2.80. The number of sulfonamides is 1. The van der Waals surface area contributed by atoms with Crippen LogP contribution in [0.25, 0.3) is 0 Å². The highest BCUT2D eigenvalue weighted by molar-refractivity contribution is 8.00. The van der Waals surface area contributed by atoms with E-state index in [0.717, 1.165) is 21.6 Å². The number of carboxylic acid groups (broad SMARTS) is 1. The van der Waals surface area contributed by atoms with E-state index in [1.165, 1.54) is 16.1 Å². The molecule has 2 heterocycles. The van der Waals surface area contributed by atoms with Crippen molar-refractivity contribution in [2.45, 2.75) is 41.4 Å². The van der Waals surface area contributed by atoms with Gasteiger partial charge < -0.3 is 14.6 Å². The Hall–Kier alpha value is -3.01. The number of aliphatic carboxylic acids is 1. The van der Waals surface area contributed by atoms with E-state index >= 15 is 0 Å². The molecule has 1 saturated heterocycles. The first-order chi connectivity index (χ1) is 17.2. The van der Waals surface area contributed by atoms with E-state index in [2.05, 4.69) is 0 Å². The lowest BCUT2D eigenvalue weighted by atomic mass is 9.90. The molecule has 1 N–H and O–H groups in total. The predicted molar refractivity (Wildman–Crippen MR) is 137 cm³/mol. The lowest BCUT2D eigenvalue weighted by Crippen LogP contribution is -2.49. The van der Waals surface area contributed by atoms with E-state index in [0.29, 0.717) is 17.9 Å². The molecule has 0 saturated carbocycles. The van der Waals surface area contributed by atoms with Gasteiger partial charge in [-0.3, -0.25) is 4.79 Å². The van der Waals surface area contributed by atoms with Gasteiger partial charge in [-0.2, -0.15) is 4.31 Å². The van der Waals surface area contributed by atoms with Gasteiger partial charge in [0.15, 0.2) is 11.5 Å². The van der Waals surface area contributed by atoms with Crippen LogP contribution in [0.15, 0.2) is 76.5 Å². The van der Waals surface area contributed by atoms with Gasteiger partial charge in [0.25, 0.3) is 0 Å². The fraction of sp³-hybridized carbons (Fsp3) is 0.296. The average molecular weight is 526 g/mol. The minimum absolute atomic E-state index is 0.113. The van der Waals surface area contributed by atoms with Crippen molar-refractivity contribution in [1.29, 1.82) is 0 Å². The van der Waals surface area contributed by atoms with Crippen LogP contribution in [0.4, 0.5) is 0 Å². The molecule has 3 aromatic carbocycles. The Kier molecular flexibility index (Phi) is 6.72. The maximum absolute atomic E-state index is 13.9. The van der Waals surface area contributed by atoms with Crippen LogP contribution >= 0.6 is 11.8 Å². The SMILES string of the molecule is Cc1ccc(S[C@@H]2C[C@@H](c3ccc4c(c3)OCO4)N(S(=O)(=O)c3ccc(C)cc3)C[C@H]2C(=O)O)cc1. The number of fused-ring (bicyclic) bond motifs is 1. The van der Waals surface area contributed by atoms with Crippen LogP contribution in [0.2, 0.25) is 0 Å². The van der Waals surface area contributed by atoms with Gasteiger partial charge in [-0.15, -0.1) is 11.8 Å². The summed E-state index contributed by atoms with van der Waals surface area (Å²) in [7, 11) is -3.97. The second-order valence-electron chi connectivity index (χ2n) is 9.17. The van der Waals surface area contributed by atoms with E-state index in [-0.39, 0.29) is 23.5 Å². The molecular weight excluding hydrogens is 498 g/mol. The van der Waals surface area contributed by atoms with Gasteiger partial charge >= 0.3 is 5.97 Å². The predicted octanol–water partition coefficient (Wildman–Crippen LogP) is 5.03. The van der Waals surface area contributed by atoms with Crippen LogP contribution in [-0.2, 0) is 14.8 Å². The van der Waals surface area contributed by atoms with Gasteiger partial charge in [-0.25, -0.2) is 8.42 Å². The highest BCUT2D eigenvalue weighted by Gasteiger charge is 2.45. The van der Waals surface area contributed by atoms with Crippen LogP contribution in [-0.4, -0.2) is 42.4 Å². The van der Waals surface area contributed by atoms with Crippen LogP contribution in [0.1, 0.15) is 29.2 Å². The molecule has 36 heavy (non-hydrogen) atoms. The minimum Gasteiger partial charge on any atom is -0.481 e. The number of carbonyl (C=O) groups is 1. The van der Waals surface area contributed by atoms with Crippen molar-refractivity contribution in [3.63, 3.8) is 0 Å². The topological polar surface area (TPSA) is 93.1 Å². The minimum atomic E-state index is -3.97. The molecule has 7 nitrogen and oxygen atoms in total. The fourth-order valence-electron chi connectivity index (χ4n) is 4.63. The molecule has 0 amide bonds. The molecule has 0 bridgehead atoms. The Balaban J connectivity index is 1.56. The maximum Gasteiger partial charge on any atom is 0.308 e. The van der Waals surface area contributed by atoms with E-state index in [1.54, 1.807) is 36.4 Å². The highest BCUT2D eigenvalue weighted by Crippen LogP contribution is 2.46. The van der Waals surface area contributed by atoms with Gasteiger partial charge in [0.2, 0.25) is 16.8 Å². The van der Waals surface area contributed by atoms with Gasteiger partial charge in [0.1, 0.15) is 0 Å². The first-order valence-corrected chi connectivity index (χ1v) is 14.0. The molecule has 0 aliphatic carbocycles. The Morgan fingerprint density at radius 2 is 1.58 bits per heavy atom. The van der Waals surface area contributed by atoms with Crippen LogP contribution < -0.4 is 9.47 Å². The molecule has 2 aliphatic rings. The van der Waals surface area contributed by atoms with Crippen molar-refractivity contribution < 1.29 is 27.8 Å². The normalized spacial score (nSPS) is 21.9. The lowest BCUT2D eigenvalue weighted by Gasteiger charge is -2.41. The molecule has 5 rings (SSSR count). The molecule has 1 fully saturated rings. The molecule has 0 aromatic heterocycles. The summed E-state index contributed by atoms with van der Waals surface area (Å²) in [6.07, 6.45) is 0.334. The van der Waals surface area contributed by atoms with Crippen LogP contribution in [0, 0.1) is 19.8 Å². The lowest BCUT2D eigenvalue weighted by molar-refractivity contribution is -0.143. The largest absolute Gasteiger partial charge is 0.481 e. The van der Waals surface area contributed by atoms with Crippen molar-refractivity contribution in [3.05, 3.63) is 83.4 Å². The zero-order chi connectivity index (χ0) is 25.4. The Bertz CT molecular complexity index is 1370. The number of hydrogen-bond acceptors (Lipinski definition) is 6. The molecule has 3 aromatic rings. The van der Waals surface area contributed by atoms with Crippen molar-refractivity contribution in [2.24, 2.45) is 5.92 Å². The monoisotopic (exact) mass is 525 g/mol. The van der Waals surface area contributed by atoms with Gasteiger partial charge in [-0.05, 0) is 62.2 Å². The van der Waals surface area contributed by atoms with E-state index < -0.39 is 28.0 Å². The molecule has 0 unspecified atom stereocenters. The first kappa shape index (κ1) is 24.7. The number of benzene rings is 3. The van der Waals surface area contributed by atoms with Gasteiger partial charge in [0.05, 0.1) is 16.9 Å². The number of ether oxygens (including phenoxy) is 2. The smallest absolute Gasteiger partial charge is 0.308 e. The van der Waals surface area contributed by atoms with E-state index in [9.17, 15) is 18.3 Å². The molecule has 0 spiro atoms. The number of rotatable bonds is 6. The molecule has 2 aliphatic heterocycles. The Morgan fingerprint density at radius 1 is 0.944 bits per heavy atom. The van der Waals surface area contributed by atoms with Crippen LogP contribution in [0.3, 0.4) is 0 Å². The average Bonchev–Trinajstić information content (AvgIpc) is 3.33. The van der Waals surface area contributed by atoms with E-state index in [4.69, 9.17) is 9.47 Å². The molecular formula is C27H27NO6S2. The zero-order valence-electron chi connectivity index (χ0n) is 20.0. The summed E-state index contributed by atoms with van der Waals surface area (Å²) < 4.78 is 40.1. The highest BCUT2D eigenvalue weighted by atomic mass is 32.2. The second kappa shape index (κ2) is 9.80. The summed E-state index contributed by atoms with van der Waals surface area (Å²) in [6.45, 7) is 3.87. The number of aryl methyl sites for hydroxylation is 2. The second-order valence-corrected chi connectivity index (χ2v) is 12.4. The third-order valence-corrected chi connectivity index (χ3v) is 9.92. The fourth-order valence-corrected chi connectivity index (χ4v) is 7.57. The number of hydrogen-bond donors (Lipinski definition) is 1. The molecule has 3 atom stereocenters.